The van der Waals surface area contributed by atoms with Gasteiger partial charge in [-0.05, 0) is 12.8 Å². The third-order valence-electron chi connectivity index (χ3n) is 3.97. The smallest absolute Gasteiger partial charge is 0.274 e. The van der Waals surface area contributed by atoms with E-state index in [1.807, 2.05) is 13.8 Å². The maximum Gasteiger partial charge on any atom is 0.274 e. The van der Waals surface area contributed by atoms with Gasteiger partial charge < -0.3 is 20.3 Å². The number of rotatable bonds is 9. The minimum Gasteiger partial charge on any atom is -0.394 e. The highest BCUT2D eigenvalue weighted by Crippen LogP contribution is 2.37. The molecule has 0 saturated carbocycles. The molecule has 6 nitrogen and oxygen atoms in total. The largest absolute Gasteiger partial charge is 0.394 e. The van der Waals surface area contributed by atoms with Crippen LogP contribution in [0.15, 0.2) is 0 Å². The van der Waals surface area contributed by atoms with Crippen molar-refractivity contribution in [2.24, 2.45) is 5.41 Å². The maximum absolute atomic E-state index is 15.4. The number of carbonyl (C=O) groups is 1. The molecule has 23 heavy (non-hydrogen) atoms. The van der Waals surface area contributed by atoms with Crippen LogP contribution >= 0.6 is 11.6 Å². The number of aliphatic hydroxyl groups is 2. The molecular weight excluding hydrogens is 327 g/mol. The summed E-state index contributed by atoms with van der Waals surface area (Å²) in [6.07, 6.45) is -0.396. The molecule has 0 radical (unpaired) electrons. The predicted molar refractivity (Wildman–Crippen MR) is 86.0 cm³/mol. The van der Waals surface area contributed by atoms with Crippen molar-refractivity contribution in [2.45, 2.75) is 44.0 Å². The van der Waals surface area contributed by atoms with Crippen molar-refractivity contribution < 1.29 is 24.1 Å². The van der Waals surface area contributed by atoms with Gasteiger partial charge in [0, 0.05) is 32.2 Å². The van der Waals surface area contributed by atoms with Gasteiger partial charge in [0.1, 0.15) is 0 Å². The molecule has 0 spiro atoms. The fraction of sp³-hybridized carbons (Fsp3) is 0.933. The molecule has 0 aromatic heterocycles. The Morgan fingerprint density at radius 1 is 1.61 bits per heavy atom. The van der Waals surface area contributed by atoms with Crippen molar-refractivity contribution in [3.8, 4) is 0 Å². The number of nitrogens with one attached hydrogen (secondary N) is 1. The number of methoxy groups -OCH3 is 1. The van der Waals surface area contributed by atoms with Crippen LogP contribution in [0.1, 0.15) is 26.7 Å². The van der Waals surface area contributed by atoms with E-state index in [1.165, 1.54) is 4.90 Å². The van der Waals surface area contributed by atoms with E-state index in [4.69, 9.17) is 21.4 Å². The van der Waals surface area contributed by atoms with E-state index < -0.39 is 29.8 Å². The normalized spacial score (nSPS) is 27.2. The van der Waals surface area contributed by atoms with E-state index in [0.29, 0.717) is 26.1 Å². The minimum absolute atomic E-state index is 0.0745. The maximum atomic E-state index is 15.4. The summed E-state index contributed by atoms with van der Waals surface area (Å²) in [5.41, 5.74) is -0.319. The van der Waals surface area contributed by atoms with Gasteiger partial charge in [-0.1, -0.05) is 13.8 Å². The number of ether oxygens (including phenoxy) is 1. The van der Waals surface area contributed by atoms with Gasteiger partial charge in [0.15, 0.2) is 0 Å². The van der Waals surface area contributed by atoms with Crippen molar-refractivity contribution in [1.82, 2.24) is 10.2 Å². The Labute approximate surface area is 141 Å². The zero-order chi connectivity index (χ0) is 17.7. The highest BCUT2D eigenvalue weighted by molar-refractivity contribution is 6.23. The predicted octanol–water partition coefficient (Wildman–Crippen LogP) is 0.497. The molecule has 1 aliphatic rings. The quantitative estimate of drug-likeness (QED) is 0.415. The molecular formula is C15H28ClFN2O4. The number of likely N-dealkylation sites (tertiary alicyclic amines) is 1. The SMILES string of the molecule is COCC(C)(C)CN1CCC(Cl)C1(F)C(=O)NCC[C@H](O)CO. The number of alkyl halides is 2. The summed E-state index contributed by atoms with van der Waals surface area (Å²) in [5.74, 6) is -3.08. The molecule has 8 heteroatoms. The van der Waals surface area contributed by atoms with Crippen LogP contribution in [0.4, 0.5) is 4.39 Å². The van der Waals surface area contributed by atoms with Crippen LogP contribution < -0.4 is 5.32 Å². The first-order valence-electron chi connectivity index (χ1n) is 7.81. The number of hydrogen-bond acceptors (Lipinski definition) is 5. The van der Waals surface area contributed by atoms with Crippen LogP contribution in [0.3, 0.4) is 0 Å². The third kappa shape index (κ3) is 5.26. The molecule has 1 heterocycles. The van der Waals surface area contributed by atoms with Crippen LogP contribution in [0.5, 0.6) is 0 Å². The highest BCUT2D eigenvalue weighted by atomic mass is 35.5. The summed E-state index contributed by atoms with van der Waals surface area (Å²) in [4.78, 5) is 13.8. The minimum atomic E-state index is -2.28. The topological polar surface area (TPSA) is 82.0 Å². The molecule has 0 aromatic carbocycles. The second-order valence-electron chi connectivity index (χ2n) is 6.83. The molecule has 1 aliphatic heterocycles. The van der Waals surface area contributed by atoms with E-state index in [1.54, 1.807) is 7.11 Å². The Morgan fingerprint density at radius 2 is 2.26 bits per heavy atom. The van der Waals surface area contributed by atoms with E-state index in [9.17, 15) is 9.90 Å². The zero-order valence-electron chi connectivity index (χ0n) is 14.0. The summed E-state index contributed by atoms with van der Waals surface area (Å²) in [5, 5.41) is 19.6. The average molecular weight is 355 g/mol. The Bertz CT molecular complexity index is 400. The monoisotopic (exact) mass is 354 g/mol. The molecule has 3 N–H and O–H groups in total. The van der Waals surface area contributed by atoms with Crippen molar-refractivity contribution >= 4 is 17.5 Å². The van der Waals surface area contributed by atoms with Gasteiger partial charge in [0.25, 0.3) is 11.7 Å². The van der Waals surface area contributed by atoms with E-state index in [0.717, 1.165) is 0 Å². The van der Waals surface area contributed by atoms with E-state index in [-0.39, 0.29) is 18.4 Å². The molecule has 1 saturated heterocycles. The van der Waals surface area contributed by atoms with E-state index >= 15 is 4.39 Å². The Hall–Kier alpha value is -0.470. The molecule has 2 unspecified atom stereocenters. The lowest BCUT2D eigenvalue weighted by atomic mass is 9.93. The fourth-order valence-electron chi connectivity index (χ4n) is 2.82. The molecule has 0 bridgehead atoms. The van der Waals surface area contributed by atoms with Crippen LogP contribution in [0.25, 0.3) is 0 Å². The van der Waals surface area contributed by atoms with Gasteiger partial charge in [-0.2, -0.15) is 0 Å². The number of halogens is 2. The van der Waals surface area contributed by atoms with E-state index in [2.05, 4.69) is 5.32 Å². The van der Waals surface area contributed by atoms with Crippen molar-refractivity contribution in [3.63, 3.8) is 0 Å². The lowest BCUT2D eigenvalue weighted by Gasteiger charge is -2.37. The number of carbonyl (C=O) groups excluding carboxylic acids is 1. The van der Waals surface area contributed by atoms with Crippen LogP contribution in [0, 0.1) is 5.41 Å². The fourth-order valence-corrected chi connectivity index (χ4v) is 3.16. The number of nitrogens with zero attached hydrogens (tertiary/aromatic N) is 1. The van der Waals surface area contributed by atoms with Crippen molar-refractivity contribution in [3.05, 3.63) is 0 Å². The molecule has 1 rings (SSSR count). The van der Waals surface area contributed by atoms with Gasteiger partial charge in [0.2, 0.25) is 0 Å². The van der Waals surface area contributed by atoms with Crippen LogP contribution in [-0.4, -0.2) is 78.3 Å². The number of aliphatic hydroxyl groups excluding tert-OH is 2. The molecule has 1 amide bonds. The summed E-state index contributed by atoms with van der Waals surface area (Å²) in [6.45, 7) is 4.73. The highest BCUT2D eigenvalue weighted by Gasteiger charge is 2.55. The van der Waals surface area contributed by atoms with Crippen LogP contribution in [0.2, 0.25) is 0 Å². The molecule has 0 aliphatic carbocycles. The molecule has 1 fully saturated rings. The van der Waals surface area contributed by atoms with Crippen molar-refractivity contribution in [1.29, 1.82) is 0 Å². The average Bonchev–Trinajstić information content (AvgIpc) is 2.75. The zero-order valence-corrected chi connectivity index (χ0v) is 14.8. The first-order valence-corrected chi connectivity index (χ1v) is 8.25. The third-order valence-corrected chi connectivity index (χ3v) is 4.48. The molecule has 3 atom stereocenters. The molecule has 136 valence electrons. The summed E-state index contributed by atoms with van der Waals surface area (Å²) in [7, 11) is 1.58. The van der Waals surface area contributed by atoms with Gasteiger partial charge in [-0.3, -0.25) is 9.69 Å². The van der Waals surface area contributed by atoms with Gasteiger partial charge in [0.05, 0.1) is 24.7 Å². The van der Waals surface area contributed by atoms with Gasteiger partial charge in [-0.15, -0.1) is 11.6 Å². The first-order chi connectivity index (χ1) is 10.7. The Kier molecular flexibility index (Phi) is 7.67. The van der Waals surface area contributed by atoms with Crippen molar-refractivity contribution in [2.75, 3.05) is 40.0 Å². The first kappa shape index (κ1) is 20.6. The lowest BCUT2D eigenvalue weighted by molar-refractivity contribution is -0.145. The lowest BCUT2D eigenvalue weighted by Crippen LogP contribution is -2.58. The number of amides is 1. The summed E-state index contributed by atoms with van der Waals surface area (Å²) < 4.78 is 20.5. The second-order valence-corrected chi connectivity index (χ2v) is 7.36. The second kappa shape index (κ2) is 8.58. The standard InChI is InChI=1S/C15H28ClFN2O4/c1-14(2,10-23-3)9-19-7-5-12(16)15(19,17)13(22)18-6-4-11(21)8-20/h11-12,20-21H,4-10H2,1-3H3,(H,18,22)/t11-,12?,15?/m0/s1. The van der Waals surface area contributed by atoms with Gasteiger partial charge in [-0.25, -0.2) is 4.39 Å². The Balaban J connectivity index is 2.71. The number of hydrogen-bond donors (Lipinski definition) is 3. The summed E-state index contributed by atoms with van der Waals surface area (Å²) >= 11 is 6.09. The molecule has 0 aromatic rings. The van der Waals surface area contributed by atoms with Gasteiger partial charge >= 0.3 is 0 Å². The summed E-state index contributed by atoms with van der Waals surface area (Å²) in [6, 6.07) is 0. The Morgan fingerprint density at radius 3 is 2.83 bits per heavy atom. The van der Waals surface area contributed by atoms with Crippen LogP contribution in [-0.2, 0) is 9.53 Å².